The Balaban J connectivity index is 1.82. The number of hydrogen-bond donors (Lipinski definition) is 0. The van der Waals surface area contributed by atoms with Crippen molar-refractivity contribution in [2.24, 2.45) is 5.92 Å². The van der Waals surface area contributed by atoms with Crippen LogP contribution in [-0.4, -0.2) is 29.1 Å². The predicted octanol–water partition coefficient (Wildman–Crippen LogP) is 2.92. The van der Waals surface area contributed by atoms with Gasteiger partial charge in [0.25, 0.3) is 0 Å². The number of likely N-dealkylation sites (tertiary alicyclic amines) is 1. The topological polar surface area (TPSA) is 16.1 Å². The molecule has 90 valence electrons. The molecule has 1 fully saturated rings. The quantitative estimate of drug-likeness (QED) is 0.802. The molecule has 16 heavy (non-hydrogen) atoms. The smallest absolute Gasteiger partial charge is 0.298 e. The number of halogens is 3. The maximum atomic E-state index is 12.4. The molecule has 0 saturated carbocycles. The molecule has 1 saturated heterocycles. The molecule has 0 N–H and O–H groups in total. The first kappa shape index (κ1) is 11.9. The van der Waals surface area contributed by atoms with E-state index in [-0.39, 0.29) is 12.8 Å². The van der Waals surface area contributed by atoms with E-state index in [1.165, 1.54) is 0 Å². The average molecular weight is 250 g/mol. The second kappa shape index (κ2) is 4.71. The zero-order valence-corrected chi connectivity index (χ0v) is 9.52. The molecule has 0 spiro atoms. The van der Waals surface area contributed by atoms with Crippen LogP contribution in [0, 0.1) is 5.92 Å². The van der Waals surface area contributed by atoms with Crippen LogP contribution in [-0.2, 0) is 6.54 Å². The van der Waals surface area contributed by atoms with E-state index in [4.69, 9.17) is 0 Å². The maximum absolute atomic E-state index is 12.4. The highest BCUT2D eigenvalue weighted by molar-refractivity contribution is 7.09. The first-order chi connectivity index (χ1) is 7.55. The summed E-state index contributed by atoms with van der Waals surface area (Å²) in [4.78, 5) is 7.14. The Hall–Kier alpha value is -0.620. The Labute approximate surface area is 96.1 Å². The van der Waals surface area contributed by atoms with Gasteiger partial charge in [0.1, 0.15) is 0 Å². The van der Waals surface area contributed by atoms with Crippen molar-refractivity contribution < 1.29 is 13.2 Å². The molecule has 0 bridgehead atoms. The zero-order valence-electron chi connectivity index (χ0n) is 8.70. The maximum Gasteiger partial charge on any atom is 0.391 e. The Morgan fingerprint density at radius 3 is 2.56 bits per heavy atom. The lowest BCUT2D eigenvalue weighted by molar-refractivity contribution is -0.185. The highest BCUT2D eigenvalue weighted by Gasteiger charge is 2.40. The third kappa shape index (κ3) is 2.95. The van der Waals surface area contributed by atoms with Gasteiger partial charge in [-0.05, 0) is 25.9 Å². The second-order valence-corrected chi connectivity index (χ2v) is 5.03. The minimum Gasteiger partial charge on any atom is -0.298 e. The fraction of sp³-hybridized carbons (Fsp3) is 0.700. The highest BCUT2D eigenvalue weighted by Crippen LogP contribution is 2.34. The van der Waals surface area contributed by atoms with Gasteiger partial charge < -0.3 is 0 Å². The molecule has 0 unspecified atom stereocenters. The molecule has 2 nitrogen and oxygen atoms in total. The van der Waals surface area contributed by atoms with Crippen LogP contribution in [0.3, 0.4) is 0 Å². The van der Waals surface area contributed by atoms with Gasteiger partial charge >= 0.3 is 6.18 Å². The van der Waals surface area contributed by atoms with Crippen LogP contribution < -0.4 is 0 Å². The highest BCUT2D eigenvalue weighted by atomic mass is 32.1. The SMILES string of the molecule is FC(F)(F)C1CCN(Cc2cncs2)CC1. The van der Waals surface area contributed by atoms with Crippen molar-refractivity contribution >= 4 is 11.3 Å². The van der Waals surface area contributed by atoms with Crippen LogP contribution >= 0.6 is 11.3 Å². The summed E-state index contributed by atoms with van der Waals surface area (Å²) < 4.78 is 37.3. The molecule has 0 radical (unpaired) electrons. The van der Waals surface area contributed by atoms with Crippen LogP contribution in [0.5, 0.6) is 0 Å². The van der Waals surface area contributed by atoms with E-state index < -0.39 is 12.1 Å². The Morgan fingerprint density at radius 2 is 2.06 bits per heavy atom. The lowest BCUT2D eigenvalue weighted by atomic mass is 9.96. The molecule has 1 aliphatic heterocycles. The lowest BCUT2D eigenvalue weighted by Crippen LogP contribution is -2.38. The van der Waals surface area contributed by atoms with Crippen molar-refractivity contribution in [1.29, 1.82) is 0 Å². The third-order valence-corrected chi connectivity index (χ3v) is 3.68. The monoisotopic (exact) mass is 250 g/mol. The van der Waals surface area contributed by atoms with Crippen molar-refractivity contribution in [1.82, 2.24) is 9.88 Å². The number of alkyl halides is 3. The predicted molar refractivity (Wildman–Crippen MR) is 56.2 cm³/mol. The normalized spacial score (nSPS) is 20.2. The minimum atomic E-state index is -4.02. The van der Waals surface area contributed by atoms with E-state index >= 15 is 0 Å². The van der Waals surface area contributed by atoms with E-state index in [9.17, 15) is 13.2 Å². The van der Waals surface area contributed by atoms with E-state index in [2.05, 4.69) is 9.88 Å². The van der Waals surface area contributed by atoms with Crippen molar-refractivity contribution in [3.05, 3.63) is 16.6 Å². The van der Waals surface area contributed by atoms with Crippen LogP contribution in [0.4, 0.5) is 13.2 Å². The number of thiazole rings is 1. The molecule has 0 atom stereocenters. The summed E-state index contributed by atoms with van der Waals surface area (Å²) >= 11 is 1.55. The fourth-order valence-electron chi connectivity index (χ4n) is 1.96. The molecule has 0 aromatic carbocycles. The summed E-state index contributed by atoms with van der Waals surface area (Å²) in [6.07, 6.45) is -1.79. The number of aromatic nitrogens is 1. The summed E-state index contributed by atoms with van der Waals surface area (Å²) in [5.41, 5.74) is 1.75. The molecule has 0 amide bonds. The zero-order chi connectivity index (χ0) is 11.6. The van der Waals surface area contributed by atoms with E-state index in [1.54, 1.807) is 23.0 Å². The van der Waals surface area contributed by atoms with Gasteiger partial charge in [0.15, 0.2) is 0 Å². The van der Waals surface area contributed by atoms with E-state index in [1.807, 2.05) is 0 Å². The third-order valence-electron chi connectivity index (χ3n) is 2.91. The number of nitrogens with zero attached hydrogens (tertiary/aromatic N) is 2. The van der Waals surface area contributed by atoms with Gasteiger partial charge in [-0.3, -0.25) is 9.88 Å². The molecule has 1 aliphatic rings. The first-order valence-corrected chi connectivity index (χ1v) is 6.10. The van der Waals surface area contributed by atoms with Crippen molar-refractivity contribution in [3.63, 3.8) is 0 Å². The Bertz CT molecular complexity index is 315. The molecular formula is C10H13F3N2S. The summed E-state index contributed by atoms with van der Waals surface area (Å²) in [6, 6.07) is 0. The van der Waals surface area contributed by atoms with Crippen LogP contribution in [0.25, 0.3) is 0 Å². The van der Waals surface area contributed by atoms with Crippen molar-refractivity contribution in [2.75, 3.05) is 13.1 Å². The number of rotatable bonds is 2. The van der Waals surface area contributed by atoms with Crippen LogP contribution in [0.15, 0.2) is 11.7 Å². The Kier molecular flexibility index (Phi) is 3.49. The fourth-order valence-corrected chi connectivity index (χ4v) is 2.59. The molecule has 1 aromatic heterocycles. The van der Waals surface area contributed by atoms with Crippen molar-refractivity contribution in [2.45, 2.75) is 25.6 Å². The minimum absolute atomic E-state index is 0.225. The van der Waals surface area contributed by atoms with Gasteiger partial charge in [-0.2, -0.15) is 13.2 Å². The lowest BCUT2D eigenvalue weighted by Gasteiger charge is -2.32. The van der Waals surface area contributed by atoms with E-state index in [0.29, 0.717) is 13.1 Å². The number of hydrogen-bond acceptors (Lipinski definition) is 3. The number of piperidine rings is 1. The van der Waals surface area contributed by atoms with Crippen LogP contribution in [0.1, 0.15) is 17.7 Å². The van der Waals surface area contributed by atoms with Gasteiger partial charge in [-0.1, -0.05) is 0 Å². The van der Waals surface area contributed by atoms with Gasteiger partial charge in [0, 0.05) is 17.6 Å². The van der Waals surface area contributed by atoms with Crippen LogP contribution in [0.2, 0.25) is 0 Å². The summed E-state index contributed by atoms with van der Waals surface area (Å²) in [5, 5.41) is 0. The molecule has 6 heteroatoms. The summed E-state index contributed by atoms with van der Waals surface area (Å²) in [6.45, 7) is 1.79. The van der Waals surface area contributed by atoms with Gasteiger partial charge in [-0.25, -0.2) is 0 Å². The first-order valence-electron chi connectivity index (χ1n) is 5.22. The molecule has 0 aliphatic carbocycles. The van der Waals surface area contributed by atoms with Crippen molar-refractivity contribution in [3.8, 4) is 0 Å². The van der Waals surface area contributed by atoms with Gasteiger partial charge in [0.05, 0.1) is 11.4 Å². The van der Waals surface area contributed by atoms with Gasteiger partial charge in [-0.15, -0.1) is 11.3 Å². The second-order valence-electron chi connectivity index (χ2n) is 4.06. The Morgan fingerprint density at radius 1 is 1.38 bits per heavy atom. The van der Waals surface area contributed by atoms with E-state index in [0.717, 1.165) is 11.4 Å². The summed E-state index contributed by atoms with van der Waals surface area (Å²) in [7, 11) is 0. The molecule has 2 rings (SSSR count). The van der Waals surface area contributed by atoms with Gasteiger partial charge in [0.2, 0.25) is 0 Å². The average Bonchev–Trinajstić information content (AvgIpc) is 2.70. The molecule has 2 heterocycles. The summed E-state index contributed by atoms with van der Waals surface area (Å²) in [5.74, 6) is -1.11. The molecule has 1 aromatic rings. The molecular weight excluding hydrogens is 237 g/mol. The standard InChI is InChI=1S/C10H13F3N2S/c11-10(12,13)8-1-3-15(4-2-8)6-9-5-14-7-16-9/h5,7-8H,1-4,6H2. The largest absolute Gasteiger partial charge is 0.391 e.